The summed E-state index contributed by atoms with van der Waals surface area (Å²) in [6, 6.07) is 22.9. The van der Waals surface area contributed by atoms with Crippen LogP contribution in [-0.4, -0.2) is 32.6 Å². The first-order valence-electron chi connectivity index (χ1n) is 12.4. The van der Waals surface area contributed by atoms with Crippen molar-refractivity contribution in [3.8, 4) is 22.4 Å². The molecule has 0 unspecified atom stereocenters. The smallest absolute Gasteiger partial charge is 0.430 e. The highest BCUT2D eigenvalue weighted by atomic mass is 19.4. The van der Waals surface area contributed by atoms with Crippen LogP contribution in [0.25, 0.3) is 33.3 Å². The number of aromatic nitrogens is 4. The van der Waals surface area contributed by atoms with E-state index < -0.39 is 12.1 Å². The molecule has 3 aromatic heterocycles. The molecule has 12 heteroatoms. The fourth-order valence-electron chi connectivity index (χ4n) is 4.04. The Morgan fingerprint density at radius 1 is 1.00 bits per heavy atom. The number of pyridine rings is 2. The lowest BCUT2D eigenvalue weighted by Crippen LogP contribution is -2.47. The SMILES string of the molecule is O=C([O-])C(F)(F)F.[NH3+]Cc1ccc(-c2[nH+]c3ccnc(CNC(=O)Cn4ccnc4)c3cc2-c2ccccc2)cc1. The summed E-state index contributed by atoms with van der Waals surface area (Å²) in [4.78, 5) is 33.4. The number of H-pyrrole nitrogens is 1. The number of quaternary nitrogens is 1. The van der Waals surface area contributed by atoms with Crippen LogP contribution < -0.4 is 21.1 Å². The number of amides is 1. The summed E-state index contributed by atoms with van der Waals surface area (Å²) in [5.74, 6) is -3.10. The zero-order valence-corrected chi connectivity index (χ0v) is 21.7. The number of carboxylic acids is 1. The van der Waals surface area contributed by atoms with Crippen LogP contribution in [0.2, 0.25) is 0 Å². The monoisotopic (exact) mass is 563 g/mol. The van der Waals surface area contributed by atoms with Gasteiger partial charge in [-0.05, 0) is 23.8 Å². The number of halogens is 3. The van der Waals surface area contributed by atoms with Crippen LogP contribution in [-0.2, 0) is 29.2 Å². The molecule has 0 aliphatic heterocycles. The summed E-state index contributed by atoms with van der Waals surface area (Å²) < 4.78 is 33.3. The van der Waals surface area contributed by atoms with Gasteiger partial charge in [0.25, 0.3) is 0 Å². The molecule has 0 atom stereocenters. The van der Waals surface area contributed by atoms with Gasteiger partial charge < -0.3 is 25.5 Å². The van der Waals surface area contributed by atoms with Gasteiger partial charge in [0.15, 0.2) is 0 Å². The Labute approximate surface area is 232 Å². The van der Waals surface area contributed by atoms with Crippen LogP contribution in [0.5, 0.6) is 0 Å². The van der Waals surface area contributed by atoms with Crippen molar-refractivity contribution in [2.24, 2.45) is 0 Å². The molecule has 5 rings (SSSR count). The number of carbonyl (C=O) groups excluding carboxylic acids is 2. The largest absolute Gasteiger partial charge is 0.542 e. The number of rotatable bonds is 7. The minimum Gasteiger partial charge on any atom is -0.542 e. The number of hydrogen-bond donors (Lipinski definition) is 2. The van der Waals surface area contributed by atoms with Crippen molar-refractivity contribution >= 4 is 22.8 Å². The first-order valence-corrected chi connectivity index (χ1v) is 12.4. The highest BCUT2D eigenvalue weighted by Gasteiger charge is 2.28. The van der Waals surface area contributed by atoms with Gasteiger partial charge in [-0.1, -0.05) is 42.5 Å². The van der Waals surface area contributed by atoms with Gasteiger partial charge in [-0.3, -0.25) is 9.78 Å². The number of nitrogens with zero attached hydrogens (tertiary/aromatic N) is 3. The maximum atomic E-state index is 12.4. The minimum atomic E-state index is -5.19. The maximum absolute atomic E-state index is 12.4. The molecule has 0 saturated carbocycles. The van der Waals surface area contributed by atoms with Crippen molar-refractivity contribution in [2.75, 3.05) is 0 Å². The van der Waals surface area contributed by atoms with Crippen molar-refractivity contribution in [1.29, 1.82) is 0 Å². The number of benzene rings is 2. The Kier molecular flexibility index (Phi) is 9.05. The van der Waals surface area contributed by atoms with E-state index in [1.165, 1.54) is 5.56 Å². The van der Waals surface area contributed by atoms with E-state index in [4.69, 9.17) is 9.90 Å². The van der Waals surface area contributed by atoms with E-state index in [2.05, 4.69) is 68.5 Å². The molecule has 5 N–H and O–H groups in total. The van der Waals surface area contributed by atoms with Crippen LogP contribution in [0.15, 0.2) is 91.6 Å². The molecule has 0 fully saturated rings. The van der Waals surface area contributed by atoms with Crippen molar-refractivity contribution in [3.05, 3.63) is 103 Å². The van der Waals surface area contributed by atoms with Gasteiger partial charge in [0.1, 0.15) is 12.5 Å². The minimum absolute atomic E-state index is 0.0915. The molecule has 0 aliphatic rings. The molecule has 3 heterocycles. The Bertz CT molecular complexity index is 1620. The second-order valence-corrected chi connectivity index (χ2v) is 8.89. The maximum Gasteiger partial charge on any atom is 0.430 e. The lowest BCUT2D eigenvalue weighted by Gasteiger charge is -2.10. The molecule has 210 valence electrons. The summed E-state index contributed by atoms with van der Waals surface area (Å²) in [6.45, 7) is 1.32. The Morgan fingerprint density at radius 3 is 2.32 bits per heavy atom. The quantitative estimate of drug-likeness (QED) is 0.311. The molecule has 9 nitrogen and oxygen atoms in total. The summed E-state index contributed by atoms with van der Waals surface area (Å²) in [5.41, 5.74) is 11.3. The van der Waals surface area contributed by atoms with Gasteiger partial charge in [-0.15, -0.1) is 0 Å². The highest BCUT2D eigenvalue weighted by molar-refractivity contribution is 5.89. The molecule has 2 aromatic carbocycles. The van der Waals surface area contributed by atoms with Crippen molar-refractivity contribution in [3.63, 3.8) is 0 Å². The van der Waals surface area contributed by atoms with Crippen molar-refractivity contribution < 1.29 is 38.6 Å². The average molecular weight is 564 g/mol. The van der Waals surface area contributed by atoms with Gasteiger partial charge in [0.2, 0.25) is 17.1 Å². The van der Waals surface area contributed by atoms with Gasteiger partial charge in [0, 0.05) is 35.8 Å². The number of nitrogens with one attached hydrogen (secondary N) is 2. The molecule has 0 bridgehead atoms. The zero-order valence-electron chi connectivity index (χ0n) is 21.7. The van der Waals surface area contributed by atoms with Crippen LogP contribution in [0, 0.1) is 0 Å². The van der Waals surface area contributed by atoms with E-state index >= 15 is 0 Å². The predicted molar refractivity (Wildman–Crippen MR) is 141 cm³/mol. The Morgan fingerprint density at radius 2 is 1.71 bits per heavy atom. The summed E-state index contributed by atoms with van der Waals surface area (Å²) in [5, 5.41) is 12.7. The number of imidazole rings is 1. The standard InChI is InChI=1S/C27H24N6O.C2HF3O2/c28-15-19-6-8-21(9-7-19)27-22(20-4-2-1-3-5-20)14-23-24(32-27)10-11-30-25(23)16-31-26(34)17-33-13-12-29-18-33;3-2(4,5)1(6)7/h1-14,18H,15-17,28H2,(H,31,34);(H,6,7)/p+1. The number of fused-ring (bicyclic) bond motifs is 1. The lowest BCUT2D eigenvalue weighted by atomic mass is 9.96. The number of carboxylic acid groups (broad SMARTS) is 1. The number of aliphatic carboxylic acids is 1. The highest BCUT2D eigenvalue weighted by Crippen LogP contribution is 2.32. The van der Waals surface area contributed by atoms with E-state index in [1.54, 1.807) is 29.5 Å². The first kappa shape index (κ1) is 28.9. The Balaban J connectivity index is 0.000000493. The molecule has 0 saturated heterocycles. The van der Waals surface area contributed by atoms with E-state index in [-0.39, 0.29) is 12.5 Å². The van der Waals surface area contributed by atoms with E-state index in [1.807, 2.05) is 24.3 Å². The molecule has 0 radical (unpaired) electrons. The normalized spacial score (nSPS) is 11.0. The third-order valence-electron chi connectivity index (χ3n) is 6.08. The fraction of sp³-hybridized carbons (Fsp3) is 0.138. The fourth-order valence-corrected chi connectivity index (χ4v) is 4.04. The number of hydrogen-bond acceptors (Lipinski definition) is 5. The summed E-state index contributed by atoms with van der Waals surface area (Å²) in [7, 11) is 0. The molecule has 0 aliphatic carbocycles. The second-order valence-electron chi connectivity index (χ2n) is 8.89. The van der Waals surface area contributed by atoms with Gasteiger partial charge in [0.05, 0.1) is 36.1 Å². The zero-order chi connectivity index (χ0) is 29.4. The van der Waals surface area contributed by atoms with Crippen LogP contribution >= 0.6 is 0 Å². The molecule has 1 amide bonds. The molecular weight excluding hydrogens is 537 g/mol. The number of aromatic amines is 1. The molecule has 5 aromatic rings. The predicted octanol–water partition coefficient (Wildman–Crippen LogP) is 1.94. The van der Waals surface area contributed by atoms with Crippen LogP contribution in [0.4, 0.5) is 13.2 Å². The Hall–Kier alpha value is -5.10. The van der Waals surface area contributed by atoms with E-state index in [0.717, 1.165) is 45.5 Å². The average Bonchev–Trinajstić information content (AvgIpc) is 3.48. The van der Waals surface area contributed by atoms with Gasteiger partial charge in [-0.2, -0.15) is 13.2 Å². The molecule has 41 heavy (non-hydrogen) atoms. The third kappa shape index (κ3) is 7.51. The topological polar surface area (TPSA) is 142 Å². The van der Waals surface area contributed by atoms with Gasteiger partial charge >= 0.3 is 6.18 Å². The summed E-state index contributed by atoms with van der Waals surface area (Å²) in [6.07, 6.45) is 1.63. The van der Waals surface area contributed by atoms with E-state index in [0.29, 0.717) is 6.54 Å². The van der Waals surface area contributed by atoms with Crippen LogP contribution in [0.1, 0.15) is 11.3 Å². The number of alkyl halides is 3. The molecule has 0 spiro atoms. The summed E-state index contributed by atoms with van der Waals surface area (Å²) >= 11 is 0. The van der Waals surface area contributed by atoms with E-state index in [9.17, 15) is 18.0 Å². The van der Waals surface area contributed by atoms with Gasteiger partial charge in [-0.25, -0.2) is 9.97 Å². The van der Waals surface area contributed by atoms with Crippen molar-refractivity contribution in [1.82, 2.24) is 19.9 Å². The molecular formula is C29H26F3N6O3+. The third-order valence-corrected chi connectivity index (χ3v) is 6.08. The first-order chi connectivity index (χ1) is 19.7. The number of carbonyl (C=O) groups is 2. The van der Waals surface area contributed by atoms with Crippen LogP contribution in [0.3, 0.4) is 0 Å². The van der Waals surface area contributed by atoms with Crippen molar-refractivity contribution in [2.45, 2.75) is 25.8 Å². The second kappa shape index (κ2) is 12.8. The lowest BCUT2D eigenvalue weighted by molar-refractivity contribution is -0.386.